The minimum Gasteiger partial charge on any atom is -0.389 e. The number of fused-ring (bicyclic) bond motifs is 4. The van der Waals surface area contributed by atoms with Gasteiger partial charge in [-0.2, -0.15) is 5.10 Å². The number of H-pyrrole nitrogens is 1. The van der Waals surface area contributed by atoms with Crippen LogP contribution in [0.1, 0.15) is 126 Å². The van der Waals surface area contributed by atoms with Crippen molar-refractivity contribution in [2.75, 3.05) is 26.2 Å². The van der Waals surface area contributed by atoms with Crippen molar-refractivity contribution in [3.63, 3.8) is 0 Å². The zero-order chi connectivity index (χ0) is 39.2. The van der Waals surface area contributed by atoms with Crippen molar-refractivity contribution in [1.29, 1.82) is 0 Å². The fourth-order valence-electron chi connectivity index (χ4n) is 11.3. The molecule has 0 spiro atoms. The first-order valence-corrected chi connectivity index (χ1v) is 20.6. The van der Waals surface area contributed by atoms with Gasteiger partial charge in [-0.15, -0.1) is 0 Å². The van der Waals surface area contributed by atoms with E-state index in [1.807, 2.05) is 12.1 Å². The summed E-state index contributed by atoms with van der Waals surface area (Å²) in [6, 6.07) is 11.6. The third kappa shape index (κ3) is 7.71. The van der Waals surface area contributed by atoms with Crippen LogP contribution < -0.4 is 5.56 Å². The Bertz CT molecular complexity index is 1960. The predicted molar refractivity (Wildman–Crippen MR) is 206 cm³/mol. The summed E-state index contributed by atoms with van der Waals surface area (Å²) in [5, 5.41) is 20.3. The summed E-state index contributed by atoms with van der Waals surface area (Å²) >= 11 is 0. The molecule has 55 heavy (non-hydrogen) atoms. The molecule has 3 saturated carbocycles. The number of benzene rings is 2. The SMILES string of the molecule is CCCC(O)(CCCC(=O)N1CCN(C(=O)c2cc(Cc3n[nH]c(=O)c4ccccc34)ccc2F)CC1)[C@@]1(C)CC[C@H]2[C@@H](CC[C@H]3CC(F)(F)CC[C@@]32C)C1. The van der Waals surface area contributed by atoms with Gasteiger partial charge < -0.3 is 14.9 Å². The van der Waals surface area contributed by atoms with E-state index < -0.39 is 23.2 Å². The highest BCUT2D eigenvalue weighted by Gasteiger charge is 2.59. The first-order chi connectivity index (χ1) is 26.2. The molecule has 8 nitrogen and oxygen atoms in total. The molecule has 1 aromatic heterocycles. The van der Waals surface area contributed by atoms with E-state index in [9.17, 15) is 28.3 Å². The van der Waals surface area contributed by atoms with Crippen molar-refractivity contribution in [3.05, 3.63) is 75.5 Å². The number of nitrogens with one attached hydrogen (secondary N) is 1. The smallest absolute Gasteiger partial charge is 0.272 e. The van der Waals surface area contributed by atoms with Crippen LogP contribution >= 0.6 is 0 Å². The molecule has 0 bridgehead atoms. The van der Waals surface area contributed by atoms with E-state index in [0.717, 1.165) is 38.5 Å². The maximum atomic E-state index is 15.0. The van der Waals surface area contributed by atoms with E-state index in [1.54, 1.807) is 34.1 Å². The Labute approximate surface area is 322 Å². The minimum absolute atomic E-state index is 0.00559. The molecule has 6 atom stereocenters. The lowest BCUT2D eigenvalue weighted by molar-refractivity contribution is -0.176. The van der Waals surface area contributed by atoms with Crippen molar-refractivity contribution in [2.45, 2.75) is 122 Å². The Hall–Kier alpha value is -3.73. The Morgan fingerprint density at radius 3 is 2.42 bits per heavy atom. The van der Waals surface area contributed by atoms with E-state index in [4.69, 9.17) is 0 Å². The molecule has 0 radical (unpaired) electrons. The van der Waals surface area contributed by atoms with Crippen LogP contribution in [0, 0.1) is 34.4 Å². The number of aromatic amines is 1. The molecule has 7 rings (SSSR count). The van der Waals surface area contributed by atoms with Crippen LogP contribution in [-0.4, -0.2) is 74.6 Å². The molecular formula is C44H57F3N4O4. The van der Waals surface area contributed by atoms with Crippen molar-refractivity contribution in [1.82, 2.24) is 20.0 Å². The normalized spacial score (nSPS) is 29.0. The van der Waals surface area contributed by atoms with Gasteiger partial charge in [0.1, 0.15) is 5.82 Å². The Morgan fingerprint density at radius 1 is 0.945 bits per heavy atom. The molecule has 2 N–H and O–H groups in total. The Morgan fingerprint density at radius 2 is 1.67 bits per heavy atom. The van der Waals surface area contributed by atoms with Crippen molar-refractivity contribution >= 4 is 22.6 Å². The number of amides is 2. The number of hydrogen-bond donors (Lipinski definition) is 2. The third-order valence-electron chi connectivity index (χ3n) is 14.6. The van der Waals surface area contributed by atoms with Crippen molar-refractivity contribution in [2.24, 2.45) is 28.6 Å². The number of hydrogen-bond acceptors (Lipinski definition) is 5. The number of carbonyl (C=O) groups is 2. The lowest BCUT2D eigenvalue weighted by Crippen LogP contribution is -2.56. The Balaban J connectivity index is 0.924. The van der Waals surface area contributed by atoms with Crippen LogP contribution in [0.4, 0.5) is 13.2 Å². The number of carbonyl (C=O) groups excluding carboxylic acids is 2. The molecule has 3 aliphatic carbocycles. The van der Waals surface area contributed by atoms with Gasteiger partial charge in [-0.3, -0.25) is 14.4 Å². The van der Waals surface area contributed by atoms with Gasteiger partial charge in [0.05, 0.1) is 22.2 Å². The van der Waals surface area contributed by atoms with Crippen LogP contribution in [0.25, 0.3) is 10.8 Å². The van der Waals surface area contributed by atoms with Gasteiger partial charge in [-0.1, -0.05) is 51.5 Å². The zero-order valence-corrected chi connectivity index (χ0v) is 32.6. The molecule has 4 aliphatic rings. The number of piperazine rings is 1. The molecule has 2 aromatic carbocycles. The van der Waals surface area contributed by atoms with Crippen LogP contribution in [0.5, 0.6) is 0 Å². The van der Waals surface area contributed by atoms with E-state index in [1.165, 1.54) is 6.07 Å². The lowest BCUT2D eigenvalue weighted by Gasteiger charge is -2.61. The standard InChI is InChI=1S/C44H57F3N4O4/c1-4-16-43(55,41(2)18-15-35-30(27-41)12-13-31-28-44(46,47)20-19-42(31,35)3)17-7-10-38(52)50-21-23-51(24-22-50)40(54)34-25-29(11-14-36(34)45)26-37-32-8-5-6-9-33(32)39(53)49-48-37/h5-6,8-9,11,14,25,30-31,35,55H,4,7,10,12-13,15-24,26-28H2,1-3H3,(H,49,53)/t30-,31-,35-,41-,42-,43?/m0/s1. The second-order valence-corrected chi connectivity index (χ2v) is 17.9. The second-order valence-electron chi connectivity index (χ2n) is 17.9. The van der Waals surface area contributed by atoms with Crippen LogP contribution in [0.15, 0.2) is 47.3 Å². The highest BCUT2D eigenvalue weighted by Crippen LogP contribution is 2.64. The summed E-state index contributed by atoms with van der Waals surface area (Å²) in [5.41, 5.74) is -0.267. The quantitative estimate of drug-likeness (QED) is 0.216. The van der Waals surface area contributed by atoms with Crippen LogP contribution in [0.3, 0.4) is 0 Å². The van der Waals surface area contributed by atoms with E-state index >= 15 is 4.39 Å². The van der Waals surface area contributed by atoms with E-state index in [0.29, 0.717) is 85.5 Å². The summed E-state index contributed by atoms with van der Waals surface area (Å²) < 4.78 is 43.8. The minimum atomic E-state index is -2.54. The van der Waals surface area contributed by atoms with Gasteiger partial charge in [0.15, 0.2) is 0 Å². The Kier molecular flexibility index (Phi) is 11.0. The van der Waals surface area contributed by atoms with Gasteiger partial charge in [-0.25, -0.2) is 18.3 Å². The number of aromatic nitrogens is 2. The van der Waals surface area contributed by atoms with Crippen molar-refractivity contribution < 1.29 is 27.9 Å². The third-order valence-corrected chi connectivity index (χ3v) is 14.6. The fraction of sp³-hybridized carbons (Fsp3) is 0.636. The average Bonchev–Trinajstić information content (AvgIpc) is 3.16. The van der Waals surface area contributed by atoms with Crippen molar-refractivity contribution in [3.8, 4) is 0 Å². The molecule has 298 valence electrons. The number of halogens is 3. The summed E-state index contributed by atoms with van der Waals surface area (Å²) in [4.78, 5) is 42.6. The summed E-state index contributed by atoms with van der Waals surface area (Å²) in [7, 11) is 0. The second kappa shape index (κ2) is 15.3. The van der Waals surface area contributed by atoms with Gasteiger partial charge >= 0.3 is 0 Å². The number of aliphatic hydroxyl groups is 1. The van der Waals surface area contributed by atoms with Gasteiger partial charge in [0.2, 0.25) is 11.8 Å². The highest BCUT2D eigenvalue weighted by molar-refractivity contribution is 5.95. The largest absolute Gasteiger partial charge is 0.389 e. The van der Waals surface area contributed by atoms with Crippen LogP contribution in [-0.2, 0) is 11.2 Å². The number of nitrogens with zero attached hydrogens (tertiary/aromatic N) is 3. The molecule has 2 heterocycles. The summed E-state index contributed by atoms with van der Waals surface area (Å²) in [5.74, 6) is -2.66. The van der Waals surface area contributed by atoms with Gasteiger partial charge in [0.25, 0.3) is 11.5 Å². The van der Waals surface area contributed by atoms with Gasteiger partial charge in [-0.05, 0) is 110 Å². The first kappa shape index (κ1) is 39.5. The van der Waals surface area contributed by atoms with E-state index in [2.05, 4.69) is 31.0 Å². The molecule has 1 aliphatic heterocycles. The molecule has 3 aromatic rings. The van der Waals surface area contributed by atoms with Gasteiger partial charge in [0, 0.05) is 57.2 Å². The average molecular weight is 763 g/mol. The zero-order valence-electron chi connectivity index (χ0n) is 32.6. The van der Waals surface area contributed by atoms with Crippen LogP contribution in [0.2, 0.25) is 0 Å². The predicted octanol–water partition coefficient (Wildman–Crippen LogP) is 8.30. The fourth-order valence-corrected chi connectivity index (χ4v) is 11.3. The topological polar surface area (TPSA) is 107 Å². The molecular weight excluding hydrogens is 706 g/mol. The van der Waals surface area contributed by atoms with E-state index in [-0.39, 0.29) is 59.7 Å². The number of rotatable bonds is 10. The summed E-state index contributed by atoms with van der Waals surface area (Å²) in [6.07, 6.45) is 8.34. The molecule has 2 amide bonds. The number of alkyl halides is 2. The highest BCUT2D eigenvalue weighted by atomic mass is 19.3. The molecule has 11 heteroatoms. The first-order valence-electron chi connectivity index (χ1n) is 20.6. The monoisotopic (exact) mass is 762 g/mol. The summed E-state index contributed by atoms with van der Waals surface area (Å²) in [6.45, 7) is 7.86. The molecule has 1 saturated heterocycles. The lowest BCUT2D eigenvalue weighted by atomic mass is 9.45. The maximum Gasteiger partial charge on any atom is 0.272 e. The maximum absolute atomic E-state index is 15.0. The molecule has 1 unspecified atom stereocenters. The molecule has 4 fully saturated rings.